The van der Waals surface area contributed by atoms with E-state index in [1.807, 2.05) is 18.3 Å². The van der Waals surface area contributed by atoms with E-state index in [1.54, 1.807) is 0 Å². The number of ether oxygens (including phenoxy) is 1. The van der Waals surface area contributed by atoms with Crippen molar-refractivity contribution in [2.45, 2.75) is 112 Å². The van der Waals surface area contributed by atoms with Crippen molar-refractivity contribution < 1.29 is 9.84 Å². The monoisotopic (exact) mass is 744 g/mol. The zero-order valence-electron chi connectivity index (χ0n) is 35.4. The zero-order valence-corrected chi connectivity index (χ0v) is 35.4. The van der Waals surface area contributed by atoms with Gasteiger partial charge in [0.1, 0.15) is 23.0 Å². The average Bonchev–Trinajstić information content (AvgIpc) is 3.48. The van der Waals surface area contributed by atoms with Crippen molar-refractivity contribution in [3.05, 3.63) is 125 Å². The van der Waals surface area contributed by atoms with Crippen LogP contribution in [0.4, 0.5) is 0 Å². The quantitative estimate of drug-likeness (QED) is 0.184. The molecular weight excluding hydrogens is 689 g/mol. The summed E-state index contributed by atoms with van der Waals surface area (Å²) in [5.41, 5.74) is 11.8. The maximum absolute atomic E-state index is 12.3. The molecule has 1 N–H and O–H groups in total. The average molecular weight is 745 g/mol. The number of nitrogens with zero attached hydrogens (tertiary/aromatic N) is 4. The smallest absolute Gasteiger partial charge is 0.246 e. The van der Waals surface area contributed by atoms with Crippen LogP contribution in [-0.4, -0.2) is 24.5 Å². The van der Waals surface area contributed by atoms with E-state index in [-0.39, 0.29) is 27.9 Å². The first-order chi connectivity index (χ1) is 26.2. The van der Waals surface area contributed by atoms with Gasteiger partial charge in [-0.3, -0.25) is 9.38 Å². The van der Waals surface area contributed by atoms with Gasteiger partial charge in [-0.05, 0) is 99.9 Å². The van der Waals surface area contributed by atoms with Gasteiger partial charge in [0.05, 0.1) is 16.6 Å². The molecule has 0 unspecified atom stereocenters. The van der Waals surface area contributed by atoms with Crippen LogP contribution < -0.4 is 4.74 Å². The van der Waals surface area contributed by atoms with Gasteiger partial charge in [-0.1, -0.05) is 125 Å². The molecule has 56 heavy (non-hydrogen) atoms. The van der Waals surface area contributed by atoms with Gasteiger partial charge in [-0.25, -0.2) is 4.98 Å². The van der Waals surface area contributed by atoms with E-state index in [2.05, 4.69) is 167 Å². The van der Waals surface area contributed by atoms with Crippen LogP contribution in [0.3, 0.4) is 0 Å². The number of benzene rings is 4. The highest BCUT2D eigenvalue weighted by Gasteiger charge is 2.32. The van der Waals surface area contributed by atoms with Gasteiger partial charge in [0.25, 0.3) is 0 Å². The van der Waals surface area contributed by atoms with Gasteiger partial charge in [-0.15, -0.1) is 0 Å². The molecule has 3 aromatic heterocycles. The fourth-order valence-corrected chi connectivity index (χ4v) is 7.70. The van der Waals surface area contributed by atoms with Crippen molar-refractivity contribution in [1.29, 1.82) is 0 Å². The summed E-state index contributed by atoms with van der Waals surface area (Å²) in [5.74, 6) is 2.21. The van der Waals surface area contributed by atoms with Crippen molar-refractivity contribution in [1.82, 2.24) is 19.4 Å². The van der Waals surface area contributed by atoms with Gasteiger partial charge in [0.2, 0.25) is 5.88 Å². The number of phenols is 1. The number of aromatic nitrogens is 4. The molecule has 0 aliphatic rings. The highest BCUT2D eigenvalue weighted by Crippen LogP contribution is 2.47. The molecule has 6 heteroatoms. The molecule has 4 aromatic carbocycles. The van der Waals surface area contributed by atoms with E-state index in [0.29, 0.717) is 22.7 Å². The summed E-state index contributed by atoms with van der Waals surface area (Å²) in [7, 11) is 0. The Morgan fingerprint density at radius 3 is 1.93 bits per heavy atom. The number of phenolic OH excluding ortho intramolecular Hbond substituents is 1. The number of fused-ring (bicyclic) bond motifs is 3. The fourth-order valence-electron chi connectivity index (χ4n) is 7.70. The molecule has 0 spiro atoms. The minimum Gasteiger partial charge on any atom is -0.507 e. The first-order valence-electron chi connectivity index (χ1n) is 19.8. The molecule has 0 saturated heterocycles. The summed E-state index contributed by atoms with van der Waals surface area (Å²) in [5, 5.41) is 13.0. The van der Waals surface area contributed by atoms with Crippen molar-refractivity contribution in [3.63, 3.8) is 0 Å². The van der Waals surface area contributed by atoms with Crippen molar-refractivity contribution >= 4 is 16.6 Å². The van der Waals surface area contributed by atoms with Crippen LogP contribution in [0.2, 0.25) is 0 Å². The third-order valence-corrected chi connectivity index (χ3v) is 10.8. The second-order valence-electron chi connectivity index (χ2n) is 18.8. The van der Waals surface area contributed by atoms with E-state index < -0.39 is 0 Å². The molecule has 0 bridgehead atoms. The summed E-state index contributed by atoms with van der Waals surface area (Å²) in [6, 6.07) is 29.5. The van der Waals surface area contributed by atoms with E-state index in [9.17, 15) is 5.11 Å². The van der Waals surface area contributed by atoms with Crippen molar-refractivity contribution in [3.8, 4) is 51.0 Å². The fraction of sp³-hybridized carbons (Fsp3) is 0.340. The van der Waals surface area contributed by atoms with Crippen LogP contribution >= 0.6 is 0 Å². The lowest BCUT2D eigenvalue weighted by molar-refractivity contribution is 0.451. The normalized spacial score (nSPS) is 12.6. The van der Waals surface area contributed by atoms with Crippen LogP contribution in [0.5, 0.6) is 17.4 Å². The summed E-state index contributed by atoms with van der Waals surface area (Å²) in [6.45, 7) is 28.3. The van der Waals surface area contributed by atoms with Gasteiger partial charge in [0.15, 0.2) is 5.65 Å². The topological polar surface area (TPSA) is 72.5 Å². The number of rotatable bonds is 6. The molecule has 0 atom stereocenters. The first kappa shape index (κ1) is 38.8. The van der Waals surface area contributed by atoms with Crippen LogP contribution in [0.1, 0.15) is 116 Å². The molecular formula is C50H56N4O2. The maximum atomic E-state index is 12.3. The summed E-state index contributed by atoms with van der Waals surface area (Å²) in [6.07, 6.45) is 1.87. The SMILES string of the molecule is Cc1cccc(C)c1-c1c(Oc2cc(-c3cc(-c4ccccc4)ccn3)cc(C(C)(C)C)c2)nc2c3c(O)c(C(C)(C)C)cc(C(C)(C)C)c3nc(C(C)C)n12. The van der Waals surface area contributed by atoms with Crippen LogP contribution in [0, 0.1) is 13.8 Å². The number of aryl methyl sites for hydroxylation is 2. The summed E-state index contributed by atoms with van der Waals surface area (Å²) < 4.78 is 9.27. The van der Waals surface area contributed by atoms with Gasteiger partial charge >= 0.3 is 0 Å². The molecule has 0 aliphatic carbocycles. The van der Waals surface area contributed by atoms with E-state index >= 15 is 0 Å². The third kappa shape index (κ3) is 7.06. The van der Waals surface area contributed by atoms with Crippen molar-refractivity contribution in [2.24, 2.45) is 0 Å². The van der Waals surface area contributed by atoms with Crippen LogP contribution in [-0.2, 0) is 16.2 Å². The highest BCUT2D eigenvalue weighted by atomic mass is 16.5. The van der Waals surface area contributed by atoms with E-state index in [1.165, 1.54) is 0 Å². The number of pyridine rings is 1. The Labute approximate surface area is 332 Å². The minimum absolute atomic E-state index is 0.0306. The minimum atomic E-state index is -0.330. The molecule has 0 saturated carbocycles. The molecule has 0 fully saturated rings. The zero-order chi connectivity index (χ0) is 40.5. The first-order valence-corrected chi connectivity index (χ1v) is 19.8. The van der Waals surface area contributed by atoms with Gasteiger partial charge < -0.3 is 9.84 Å². The Morgan fingerprint density at radius 2 is 1.32 bits per heavy atom. The predicted octanol–water partition coefficient (Wildman–Crippen LogP) is 13.4. The van der Waals surface area contributed by atoms with Gasteiger partial charge in [0, 0.05) is 28.8 Å². The molecule has 7 aromatic rings. The summed E-state index contributed by atoms with van der Waals surface area (Å²) in [4.78, 5) is 15.7. The standard InChI is InChI=1S/C50H56N4O2/c1-29(2)45-52-42-37(49(8,9)10)28-38(50(11,12)13)44(55)41(42)46-53-47(43(54(45)46)40-30(3)18-17-19-31(40)4)56-36-25-34(24-35(27-36)48(5,6)7)39-26-33(22-23-51-39)32-20-15-14-16-21-32/h14-29,55H,1-13H3. The second kappa shape index (κ2) is 13.9. The Bertz CT molecular complexity index is 2590. The summed E-state index contributed by atoms with van der Waals surface area (Å²) >= 11 is 0. The molecule has 7 rings (SSSR count). The Morgan fingerprint density at radius 1 is 0.661 bits per heavy atom. The number of hydrogen-bond donors (Lipinski definition) is 1. The molecule has 0 aliphatic heterocycles. The predicted molar refractivity (Wildman–Crippen MR) is 232 cm³/mol. The van der Waals surface area contributed by atoms with Gasteiger partial charge in [-0.2, -0.15) is 4.98 Å². The largest absolute Gasteiger partial charge is 0.507 e. The lowest BCUT2D eigenvalue weighted by atomic mass is 9.78. The van der Waals surface area contributed by atoms with E-state index in [4.69, 9.17) is 19.7 Å². The lowest BCUT2D eigenvalue weighted by Gasteiger charge is -2.28. The Hall–Kier alpha value is -5.49. The van der Waals surface area contributed by atoms with Crippen LogP contribution in [0.25, 0.3) is 50.2 Å². The molecule has 0 radical (unpaired) electrons. The lowest BCUT2D eigenvalue weighted by Crippen LogP contribution is -2.19. The molecule has 6 nitrogen and oxygen atoms in total. The van der Waals surface area contributed by atoms with E-state index in [0.717, 1.165) is 72.8 Å². The Balaban J connectivity index is 1.57. The van der Waals surface area contributed by atoms with Crippen molar-refractivity contribution in [2.75, 3.05) is 0 Å². The molecule has 3 heterocycles. The maximum Gasteiger partial charge on any atom is 0.246 e. The number of imidazole rings is 1. The highest BCUT2D eigenvalue weighted by molar-refractivity contribution is 6.01. The third-order valence-electron chi connectivity index (χ3n) is 10.8. The van der Waals surface area contributed by atoms with Crippen LogP contribution in [0.15, 0.2) is 91.1 Å². The number of hydrogen-bond acceptors (Lipinski definition) is 5. The second-order valence-corrected chi connectivity index (χ2v) is 18.8. The Kier molecular flexibility index (Phi) is 9.63. The number of aromatic hydroxyl groups is 1. The molecule has 288 valence electrons. The molecule has 0 amide bonds.